The number of hydrogen-bond acceptors (Lipinski definition) is 4. The molecule has 6 heteroatoms. The van der Waals surface area contributed by atoms with Gasteiger partial charge in [0.2, 0.25) is 0 Å². The highest BCUT2D eigenvalue weighted by molar-refractivity contribution is 6.30. The summed E-state index contributed by atoms with van der Waals surface area (Å²) in [5, 5.41) is 3.95. The average Bonchev–Trinajstić information content (AvgIpc) is 2.73. The van der Waals surface area contributed by atoms with Crippen LogP contribution in [0.3, 0.4) is 0 Å². The Morgan fingerprint density at radius 1 is 1.00 bits per heavy atom. The molecule has 0 bridgehead atoms. The third-order valence-electron chi connectivity index (χ3n) is 4.53. The summed E-state index contributed by atoms with van der Waals surface area (Å²) in [6.45, 7) is 0. The second-order valence-electron chi connectivity index (χ2n) is 6.46. The second kappa shape index (κ2) is 9.43. The van der Waals surface area contributed by atoms with Crippen LogP contribution >= 0.6 is 11.6 Å². The van der Waals surface area contributed by atoms with Crippen molar-refractivity contribution in [2.24, 2.45) is 0 Å². The summed E-state index contributed by atoms with van der Waals surface area (Å²) in [5.74, 6) is 0.675. The van der Waals surface area contributed by atoms with Gasteiger partial charge in [-0.1, -0.05) is 23.7 Å². The normalized spacial score (nSPS) is 11.6. The Hall–Kier alpha value is -3.05. The summed E-state index contributed by atoms with van der Waals surface area (Å²) in [6.07, 6.45) is 0.160. The molecule has 3 rings (SSSR count). The predicted octanol–water partition coefficient (Wildman–Crippen LogP) is 5.92. The van der Waals surface area contributed by atoms with Crippen molar-refractivity contribution in [1.29, 1.82) is 0 Å². The number of methoxy groups -OCH3 is 2. The first-order valence-electron chi connectivity index (χ1n) is 9.03. The molecule has 0 saturated carbocycles. The Labute approximate surface area is 174 Å². The molecule has 0 fully saturated rings. The summed E-state index contributed by atoms with van der Waals surface area (Å²) in [4.78, 5) is 12.8. The highest BCUT2D eigenvalue weighted by Crippen LogP contribution is 2.33. The molecule has 29 heavy (non-hydrogen) atoms. The van der Waals surface area contributed by atoms with Crippen LogP contribution in [0, 0.1) is 5.82 Å². The van der Waals surface area contributed by atoms with Crippen molar-refractivity contribution in [2.45, 2.75) is 12.5 Å². The number of halogens is 2. The summed E-state index contributed by atoms with van der Waals surface area (Å²) in [6, 6.07) is 18.0. The Morgan fingerprint density at radius 2 is 1.72 bits per heavy atom. The molecule has 0 spiro atoms. The van der Waals surface area contributed by atoms with E-state index < -0.39 is 0 Å². The number of rotatable bonds is 8. The van der Waals surface area contributed by atoms with Crippen LogP contribution in [0.5, 0.6) is 11.5 Å². The van der Waals surface area contributed by atoms with E-state index in [4.69, 9.17) is 21.1 Å². The lowest BCUT2D eigenvalue weighted by Crippen LogP contribution is -2.16. The minimum absolute atomic E-state index is 0.112. The SMILES string of the molecule is COc1ccc(C(CC(=O)c2ccc(F)cc2)Nc2cccc(Cl)c2)cc1OC. The lowest BCUT2D eigenvalue weighted by atomic mass is 9.97. The van der Waals surface area contributed by atoms with E-state index in [1.165, 1.54) is 24.3 Å². The molecule has 1 unspecified atom stereocenters. The van der Waals surface area contributed by atoms with Crippen LogP contribution in [-0.2, 0) is 0 Å². The fraction of sp³-hybridized carbons (Fsp3) is 0.174. The van der Waals surface area contributed by atoms with Crippen molar-refractivity contribution in [3.8, 4) is 11.5 Å². The highest BCUT2D eigenvalue weighted by atomic mass is 35.5. The third-order valence-corrected chi connectivity index (χ3v) is 4.77. The van der Waals surface area contributed by atoms with E-state index in [1.54, 1.807) is 32.4 Å². The van der Waals surface area contributed by atoms with E-state index >= 15 is 0 Å². The molecular formula is C23H21ClFNO3. The number of benzene rings is 3. The van der Waals surface area contributed by atoms with Crippen LogP contribution in [0.25, 0.3) is 0 Å². The first-order valence-corrected chi connectivity index (χ1v) is 9.40. The summed E-state index contributed by atoms with van der Waals surface area (Å²) in [5.41, 5.74) is 2.08. The number of nitrogens with one attached hydrogen (secondary N) is 1. The minimum Gasteiger partial charge on any atom is -0.493 e. The van der Waals surface area contributed by atoms with Crippen LogP contribution in [-0.4, -0.2) is 20.0 Å². The molecule has 3 aromatic rings. The Morgan fingerprint density at radius 3 is 2.38 bits per heavy atom. The molecule has 0 amide bonds. The van der Waals surface area contributed by atoms with Gasteiger partial charge in [-0.15, -0.1) is 0 Å². The van der Waals surface area contributed by atoms with Crippen molar-refractivity contribution in [3.63, 3.8) is 0 Å². The van der Waals surface area contributed by atoms with Gasteiger partial charge in [0.25, 0.3) is 0 Å². The van der Waals surface area contributed by atoms with Crippen LogP contribution < -0.4 is 14.8 Å². The number of carbonyl (C=O) groups excluding carboxylic acids is 1. The van der Waals surface area contributed by atoms with Crippen LogP contribution in [0.15, 0.2) is 66.7 Å². The Bertz CT molecular complexity index is 992. The maximum absolute atomic E-state index is 13.2. The molecule has 0 aliphatic heterocycles. The molecule has 0 heterocycles. The van der Waals surface area contributed by atoms with Gasteiger partial charge in [0.1, 0.15) is 5.82 Å². The molecule has 4 nitrogen and oxygen atoms in total. The molecule has 1 atom stereocenters. The smallest absolute Gasteiger partial charge is 0.165 e. The zero-order valence-corrected chi connectivity index (χ0v) is 16.9. The molecule has 0 aliphatic rings. The first kappa shape index (κ1) is 20.7. The van der Waals surface area contributed by atoms with Crippen LogP contribution in [0.2, 0.25) is 5.02 Å². The summed E-state index contributed by atoms with van der Waals surface area (Å²) < 4.78 is 23.9. The number of hydrogen-bond donors (Lipinski definition) is 1. The van der Waals surface area contributed by atoms with E-state index in [-0.39, 0.29) is 24.1 Å². The summed E-state index contributed by atoms with van der Waals surface area (Å²) >= 11 is 6.10. The maximum atomic E-state index is 13.2. The fourth-order valence-electron chi connectivity index (χ4n) is 3.04. The number of carbonyl (C=O) groups is 1. The van der Waals surface area contributed by atoms with Gasteiger partial charge >= 0.3 is 0 Å². The van der Waals surface area contributed by atoms with Crippen molar-refractivity contribution in [1.82, 2.24) is 0 Å². The van der Waals surface area contributed by atoms with Crippen LogP contribution in [0.1, 0.15) is 28.4 Å². The molecule has 0 saturated heterocycles. The number of Topliss-reactive ketones (excluding diaryl/α,β-unsaturated/α-hetero) is 1. The zero-order valence-electron chi connectivity index (χ0n) is 16.1. The predicted molar refractivity (Wildman–Crippen MR) is 113 cm³/mol. The molecule has 150 valence electrons. The van der Waals surface area contributed by atoms with E-state index in [1.807, 2.05) is 24.3 Å². The average molecular weight is 414 g/mol. The number of ketones is 1. The zero-order chi connectivity index (χ0) is 20.8. The van der Waals surface area contributed by atoms with E-state index in [9.17, 15) is 9.18 Å². The van der Waals surface area contributed by atoms with E-state index in [0.29, 0.717) is 22.1 Å². The van der Waals surface area contributed by atoms with Gasteiger partial charge < -0.3 is 14.8 Å². The number of anilines is 1. The second-order valence-corrected chi connectivity index (χ2v) is 6.89. The molecular weight excluding hydrogens is 393 g/mol. The maximum Gasteiger partial charge on any atom is 0.165 e. The van der Waals surface area contributed by atoms with Gasteiger partial charge in [-0.3, -0.25) is 4.79 Å². The van der Waals surface area contributed by atoms with Crippen molar-refractivity contribution in [3.05, 3.63) is 88.7 Å². The van der Waals surface area contributed by atoms with E-state index in [2.05, 4.69) is 5.32 Å². The van der Waals surface area contributed by atoms with Crippen molar-refractivity contribution >= 4 is 23.1 Å². The van der Waals surface area contributed by atoms with Crippen LogP contribution in [0.4, 0.5) is 10.1 Å². The van der Waals surface area contributed by atoms with Gasteiger partial charge in [-0.2, -0.15) is 0 Å². The van der Waals surface area contributed by atoms with E-state index in [0.717, 1.165) is 11.3 Å². The third kappa shape index (κ3) is 5.27. The lowest BCUT2D eigenvalue weighted by molar-refractivity contribution is 0.0976. The largest absolute Gasteiger partial charge is 0.493 e. The molecule has 0 radical (unpaired) electrons. The quantitative estimate of drug-likeness (QED) is 0.465. The Kier molecular flexibility index (Phi) is 6.73. The Balaban J connectivity index is 1.92. The monoisotopic (exact) mass is 413 g/mol. The minimum atomic E-state index is -0.380. The molecule has 0 aromatic heterocycles. The van der Waals surface area contributed by atoms with Gasteiger partial charge in [-0.05, 0) is 60.2 Å². The lowest BCUT2D eigenvalue weighted by Gasteiger charge is -2.21. The topological polar surface area (TPSA) is 47.6 Å². The van der Waals surface area contributed by atoms with Crippen molar-refractivity contribution < 1.29 is 18.7 Å². The standard InChI is InChI=1S/C23H21ClFNO3/c1-28-22-11-8-16(12-23(22)29-2)20(26-19-5-3-4-17(24)13-19)14-21(27)15-6-9-18(25)10-7-15/h3-13,20,26H,14H2,1-2H3. The molecule has 3 aromatic carbocycles. The first-order chi connectivity index (χ1) is 14.0. The van der Waals surface area contributed by atoms with Crippen molar-refractivity contribution in [2.75, 3.05) is 19.5 Å². The highest BCUT2D eigenvalue weighted by Gasteiger charge is 2.19. The summed E-state index contributed by atoms with van der Waals surface area (Å²) in [7, 11) is 3.13. The van der Waals surface area contributed by atoms with Gasteiger partial charge in [0, 0.05) is 22.7 Å². The van der Waals surface area contributed by atoms with Gasteiger partial charge in [0.15, 0.2) is 17.3 Å². The number of ether oxygens (including phenoxy) is 2. The van der Waals surface area contributed by atoms with Gasteiger partial charge in [-0.25, -0.2) is 4.39 Å². The van der Waals surface area contributed by atoms with Gasteiger partial charge in [0.05, 0.1) is 20.3 Å². The molecule has 1 N–H and O–H groups in total. The molecule has 0 aliphatic carbocycles. The fourth-order valence-corrected chi connectivity index (χ4v) is 3.23.